The molecule has 1 amide bonds. The van der Waals surface area contributed by atoms with Gasteiger partial charge >= 0.3 is 6.18 Å². The van der Waals surface area contributed by atoms with E-state index in [0.29, 0.717) is 13.1 Å². The van der Waals surface area contributed by atoms with Crippen molar-refractivity contribution < 1.29 is 18.0 Å². The van der Waals surface area contributed by atoms with E-state index in [1.807, 2.05) is 18.7 Å². The second-order valence-corrected chi connectivity index (χ2v) is 6.30. The summed E-state index contributed by atoms with van der Waals surface area (Å²) in [6, 6.07) is 5.32. The first-order valence-corrected chi connectivity index (χ1v) is 7.94. The van der Waals surface area contributed by atoms with Crippen LogP contribution in [0.15, 0.2) is 24.3 Å². The molecular formula is C17H23F3N2O. The summed E-state index contributed by atoms with van der Waals surface area (Å²) in [5.41, 5.74) is 0.243. The number of halogens is 3. The average molecular weight is 328 g/mol. The minimum atomic E-state index is -4.29. The zero-order valence-corrected chi connectivity index (χ0v) is 13.6. The molecule has 1 saturated heterocycles. The molecular weight excluding hydrogens is 305 g/mol. The molecule has 0 radical (unpaired) electrons. The third-order valence-electron chi connectivity index (χ3n) is 4.08. The number of carbonyl (C=O) groups excluding carboxylic acids is 1. The van der Waals surface area contributed by atoms with Crippen molar-refractivity contribution in [3.63, 3.8) is 0 Å². The van der Waals surface area contributed by atoms with Gasteiger partial charge in [0.15, 0.2) is 0 Å². The molecule has 0 atom stereocenters. The van der Waals surface area contributed by atoms with Crippen molar-refractivity contribution in [2.45, 2.75) is 33.0 Å². The summed E-state index contributed by atoms with van der Waals surface area (Å²) in [7, 11) is 0. The maximum atomic E-state index is 12.6. The molecule has 0 unspecified atom stereocenters. The van der Waals surface area contributed by atoms with Gasteiger partial charge in [-0.3, -0.25) is 9.69 Å². The zero-order valence-electron chi connectivity index (χ0n) is 13.6. The Morgan fingerprint density at radius 3 is 2.30 bits per heavy atom. The Kier molecular flexibility index (Phi) is 5.68. The van der Waals surface area contributed by atoms with Gasteiger partial charge in [0.25, 0.3) is 0 Å². The first-order valence-electron chi connectivity index (χ1n) is 7.94. The van der Waals surface area contributed by atoms with Crippen LogP contribution >= 0.6 is 0 Å². The lowest BCUT2D eigenvalue weighted by molar-refractivity contribution is -0.137. The maximum absolute atomic E-state index is 12.6. The van der Waals surface area contributed by atoms with Crippen LogP contribution in [0.3, 0.4) is 0 Å². The van der Waals surface area contributed by atoms with Crippen LogP contribution in [0.25, 0.3) is 0 Å². The number of hydrogen-bond donors (Lipinski definition) is 0. The molecule has 0 bridgehead atoms. The maximum Gasteiger partial charge on any atom is 0.416 e. The number of nitrogens with zero attached hydrogens (tertiary/aromatic N) is 2. The fourth-order valence-electron chi connectivity index (χ4n) is 2.77. The largest absolute Gasteiger partial charge is 0.416 e. The Labute approximate surface area is 135 Å². The summed E-state index contributed by atoms with van der Waals surface area (Å²) in [4.78, 5) is 16.1. The monoisotopic (exact) mass is 328 g/mol. The fourth-order valence-corrected chi connectivity index (χ4v) is 2.77. The molecule has 3 nitrogen and oxygen atoms in total. The highest BCUT2D eigenvalue weighted by atomic mass is 19.4. The van der Waals surface area contributed by atoms with Crippen LogP contribution in [0, 0.1) is 5.92 Å². The van der Waals surface area contributed by atoms with Crippen LogP contribution in [-0.4, -0.2) is 41.9 Å². The summed E-state index contributed by atoms with van der Waals surface area (Å²) in [5.74, 6) is 0.165. The first kappa shape index (κ1) is 17.8. The first-order chi connectivity index (χ1) is 10.8. The molecule has 1 aromatic rings. The number of amides is 1. The van der Waals surface area contributed by atoms with Crippen LogP contribution in [0.1, 0.15) is 31.4 Å². The fraction of sp³-hybridized carbons (Fsp3) is 0.588. The van der Waals surface area contributed by atoms with E-state index in [1.54, 1.807) is 0 Å². The third-order valence-corrected chi connectivity index (χ3v) is 4.08. The number of benzene rings is 1. The molecule has 1 heterocycles. The quantitative estimate of drug-likeness (QED) is 0.849. The summed E-state index contributed by atoms with van der Waals surface area (Å²) in [5, 5.41) is 0. The van der Waals surface area contributed by atoms with Crippen LogP contribution in [0.5, 0.6) is 0 Å². The average Bonchev–Trinajstić information content (AvgIpc) is 2.71. The third kappa shape index (κ3) is 4.96. The van der Waals surface area contributed by atoms with Gasteiger partial charge in [-0.1, -0.05) is 26.0 Å². The molecule has 128 valence electrons. The molecule has 0 spiro atoms. The van der Waals surface area contributed by atoms with E-state index in [2.05, 4.69) is 4.90 Å². The predicted molar refractivity (Wildman–Crippen MR) is 82.8 cm³/mol. The van der Waals surface area contributed by atoms with Gasteiger partial charge in [0.1, 0.15) is 0 Å². The van der Waals surface area contributed by atoms with Gasteiger partial charge in [0.2, 0.25) is 5.91 Å². The highest BCUT2D eigenvalue weighted by Gasteiger charge is 2.30. The second kappa shape index (κ2) is 7.34. The number of carbonyl (C=O) groups is 1. The lowest BCUT2D eigenvalue weighted by Gasteiger charge is -2.23. The van der Waals surface area contributed by atoms with Crippen molar-refractivity contribution in [2.75, 3.05) is 26.2 Å². The smallest absolute Gasteiger partial charge is 0.341 e. The molecule has 1 aliphatic rings. The Hall–Kier alpha value is -1.56. The van der Waals surface area contributed by atoms with E-state index in [0.717, 1.165) is 43.8 Å². The molecule has 0 saturated carbocycles. The number of hydrogen-bond acceptors (Lipinski definition) is 2. The van der Waals surface area contributed by atoms with Gasteiger partial charge in [-0.2, -0.15) is 13.2 Å². The van der Waals surface area contributed by atoms with Crippen LogP contribution in [-0.2, 0) is 17.5 Å². The molecule has 0 N–H and O–H groups in total. The standard InChI is InChI=1S/C17H23F3N2O/c1-13(2)16(23)22-9-3-8-21(10-11-22)12-14-4-6-15(7-5-14)17(18,19)20/h4-7,13H,3,8-12H2,1-2H3. The van der Waals surface area contributed by atoms with E-state index in [-0.39, 0.29) is 11.8 Å². The Balaban J connectivity index is 1.92. The van der Waals surface area contributed by atoms with Crippen LogP contribution in [0.4, 0.5) is 13.2 Å². The number of rotatable bonds is 3. The summed E-state index contributed by atoms with van der Waals surface area (Å²) in [6.07, 6.45) is -3.40. The van der Waals surface area contributed by atoms with E-state index in [9.17, 15) is 18.0 Å². The summed E-state index contributed by atoms with van der Waals surface area (Å²) >= 11 is 0. The second-order valence-electron chi connectivity index (χ2n) is 6.30. The van der Waals surface area contributed by atoms with Gasteiger partial charge in [0, 0.05) is 38.6 Å². The van der Waals surface area contributed by atoms with Gasteiger partial charge < -0.3 is 4.90 Å². The summed E-state index contributed by atoms with van der Waals surface area (Å²) < 4.78 is 37.7. The van der Waals surface area contributed by atoms with Gasteiger partial charge in [0.05, 0.1) is 5.56 Å². The highest BCUT2D eigenvalue weighted by Crippen LogP contribution is 2.29. The molecule has 1 aliphatic heterocycles. The van der Waals surface area contributed by atoms with E-state index < -0.39 is 11.7 Å². The van der Waals surface area contributed by atoms with Crippen molar-refractivity contribution >= 4 is 5.91 Å². The van der Waals surface area contributed by atoms with E-state index in [4.69, 9.17) is 0 Å². The lowest BCUT2D eigenvalue weighted by atomic mass is 10.1. The predicted octanol–water partition coefficient (Wildman–Crippen LogP) is 3.40. The van der Waals surface area contributed by atoms with Crippen LogP contribution < -0.4 is 0 Å². The normalized spacial score (nSPS) is 17.4. The molecule has 1 aromatic carbocycles. The minimum Gasteiger partial charge on any atom is -0.341 e. The van der Waals surface area contributed by atoms with Crippen molar-refractivity contribution in [3.8, 4) is 0 Å². The van der Waals surface area contributed by atoms with Gasteiger partial charge in [-0.15, -0.1) is 0 Å². The van der Waals surface area contributed by atoms with E-state index in [1.165, 1.54) is 12.1 Å². The molecule has 0 aliphatic carbocycles. The minimum absolute atomic E-state index is 0.00328. The van der Waals surface area contributed by atoms with Crippen molar-refractivity contribution in [2.24, 2.45) is 5.92 Å². The van der Waals surface area contributed by atoms with Crippen molar-refractivity contribution in [3.05, 3.63) is 35.4 Å². The van der Waals surface area contributed by atoms with Crippen LogP contribution in [0.2, 0.25) is 0 Å². The topological polar surface area (TPSA) is 23.6 Å². The van der Waals surface area contributed by atoms with Crippen molar-refractivity contribution in [1.82, 2.24) is 9.80 Å². The molecule has 0 aromatic heterocycles. The SMILES string of the molecule is CC(C)C(=O)N1CCCN(Cc2ccc(C(F)(F)F)cc2)CC1. The highest BCUT2D eigenvalue weighted by molar-refractivity contribution is 5.78. The molecule has 23 heavy (non-hydrogen) atoms. The van der Waals surface area contributed by atoms with Gasteiger partial charge in [-0.05, 0) is 24.1 Å². The molecule has 1 fully saturated rings. The van der Waals surface area contributed by atoms with Gasteiger partial charge in [-0.25, -0.2) is 0 Å². The van der Waals surface area contributed by atoms with E-state index >= 15 is 0 Å². The lowest BCUT2D eigenvalue weighted by Crippen LogP contribution is -2.37. The molecule has 2 rings (SSSR count). The Bertz CT molecular complexity index is 526. The zero-order chi connectivity index (χ0) is 17.0. The Morgan fingerprint density at radius 1 is 1.09 bits per heavy atom. The Morgan fingerprint density at radius 2 is 1.74 bits per heavy atom. The number of alkyl halides is 3. The molecule has 6 heteroatoms. The van der Waals surface area contributed by atoms with Crippen molar-refractivity contribution in [1.29, 1.82) is 0 Å². The summed E-state index contributed by atoms with van der Waals surface area (Å²) in [6.45, 7) is 7.43.